The summed E-state index contributed by atoms with van der Waals surface area (Å²) in [5.74, 6) is 0. The highest BCUT2D eigenvalue weighted by molar-refractivity contribution is 5.55. The summed E-state index contributed by atoms with van der Waals surface area (Å²) in [6.45, 7) is -0.483. The van der Waals surface area contributed by atoms with E-state index in [2.05, 4.69) is 0 Å². The van der Waals surface area contributed by atoms with Crippen LogP contribution in [0.5, 0.6) is 0 Å². The van der Waals surface area contributed by atoms with Crippen LogP contribution in [0.4, 0.5) is 0 Å². The zero-order valence-electron chi connectivity index (χ0n) is 3.66. The molecule has 0 saturated carbocycles. The molecule has 0 radical (unpaired) electrons. The van der Waals surface area contributed by atoms with Crippen molar-refractivity contribution in [3.05, 3.63) is 0 Å². The average Bonchev–Trinajstić information content (AvgIpc) is 1.65. The molecule has 1 atom stereocenters. The fraction of sp³-hybridized carbons (Fsp3) is 0.667. The summed E-state index contributed by atoms with van der Waals surface area (Å²) < 4.78 is 0. The Bertz CT molecular complexity index is 44.2. The van der Waals surface area contributed by atoms with Crippen molar-refractivity contribution in [1.82, 2.24) is 0 Å². The van der Waals surface area contributed by atoms with Crippen molar-refractivity contribution < 1.29 is 20.5 Å². The molecule has 0 amide bonds. The molecule has 0 aromatic carbocycles. The molecule has 0 spiro atoms. The normalized spacial score (nSPS) is 11.7. The lowest BCUT2D eigenvalue weighted by atomic mass is 10.4. The minimum atomic E-state index is -1.19. The van der Waals surface area contributed by atoms with Gasteiger partial charge in [-0.25, -0.2) is 0 Å². The summed E-state index contributed by atoms with van der Waals surface area (Å²) in [5, 5.41) is 15.9. The molecule has 4 N–H and O–H groups in total. The molecule has 4 heteroatoms. The maximum absolute atomic E-state index is 9.33. The first-order chi connectivity index (χ1) is 2.81. The number of carbonyl (C=O) groups is 1. The Morgan fingerprint density at radius 3 is 2.14 bits per heavy atom. The van der Waals surface area contributed by atoms with Crippen molar-refractivity contribution in [3.8, 4) is 0 Å². The van der Waals surface area contributed by atoms with Gasteiger partial charge in [-0.15, -0.1) is 0 Å². The first kappa shape index (κ1) is 9.75. The van der Waals surface area contributed by atoms with Crippen LogP contribution in [0.25, 0.3) is 0 Å². The molecule has 0 heterocycles. The molecule has 44 valence electrons. The lowest BCUT2D eigenvalue weighted by Crippen LogP contribution is -2.12. The van der Waals surface area contributed by atoms with Crippen LogP contribution in [0.2, 0.25) is 0 Å². The average molecular weight is 108 g/mol. The molecule has 7 heavy (non-hydrogen) atoms. The number of aliphatic hydroxyl groups excluding tert-OH is 2. The van der Waals surface area contributed by atoms with Crippen LogP contribution in [0.3, 0.4) is 0 Å². The molecule has 0 bridgehead atoms. The van der Waals surface area contributed by atoms with Gasteiger partial charge in [0.05, 0.1) is 6.61 Å². The Kier molecular flexibility index (Phi) is 7.73. The van der Waals surface area contributed by atoms with Crippen LogP contribution in [0, 0.1) is 0 Å². The highest BCUT2D eigenvalue weighted by Gasteiger charge is 1.92. The van der Waals surface area contributed by atoms with E-state index < -0.39 is 12.7 Å². The molecule has 0 aliphatic rings. The van der Waals surface area contributed by atoms with E-state index in [0.29, 0.717) is 0 Å². The number of aliphatic hydroxyl groups is 2. The van der Waals surface area contributed by atoms with Gasteiger partial charge in [0.15, 0.2) is 6.29 Å². The van der Waals surface area contributed by atoms with Crippen molar-refractivity contribution in [2.45, 2.75) is 6.10 Å². The summed E-state index contributed by atoms with van der Waals surface area (Å²) in [6.07, 6.45) is -0.912. The zero-order valence-corrected chi connectivity index (χ0v) is 3.66. The predicted molar refractivity (Wildman–Crippen MR) is 22.8 cm³/mol. The van der Waals surface area contributed by atoms with Crippen LogP contribution in [-0.4, -0.2) is 34.7 Å². The van der Waals surface area contributed by atoms with E-state index in [9.17, 15) is 4.79 Å². The third kappa shape index (κ3) is 5.55. The summed E-state index contributed by atoms with van der Waals surface area (Å²) in [4.78, 5) is 9.33. The van der Waals surface area contributed by atoms with E-state index in [1.54, 1.807) is 0 Å². The molecule has 0 saturated heterocycles. The van der Waals surface area contributed by atoms with Gasteiger partial charge in [-0.1, -0.05) is 0 Å². The van der Waals surface area contributed by atoms with E-state index in [0.717, 1.165) is 0 Å². The molecule has 0 rings (SSSR count). The van der Waals surface area contributed by atoms with Crippen molar-refractivity contribution in [2.24, 2.45) is 0 Å². The Labute approximate surface area is 40.7 Å². The summed E-state index contributed by atoms with van der Waals surface area (Å²) in [7, 11) is 0. The predicted octanol–water partition coefficient (Wildman–Crippen LogP) is -2.29. The molecule has 0 aromatic rings. The first-order valence-corrected chi connectivity index (χ1v) is 1.55. The van der Waals surface area contributed by atoms with Crippen molar-refractivity contribution in [3.63, 3.8) is 0 Å². The zero-order chi connectivity index (χ0) is 4.99. The van der Waals surface area contributed by atoms with Crippen LogP contribution >= 0.6 is 0 Å². The lowest BCUT2D eigenvalue weighted by Gasteiger charge is -1.89. The maximum atomic E-state index is 9.33. The SMILES string of the molecule is O.O=CC(O)CO. The molecule has 0 aliphatic heterocycles. The number of hydrogen-bond donors (Lipinski definition) is 2. The van der Waals surface area contributed by atoms with Gasteiger partial charge in [-0.05, 0) is 0 Å². The summed E-state index contributed by atoms with van der Waals surface area (Å²) >= 11 is 0. The van der Waals surface area contributed by atoms with Crippen molar-refractivity contribution in [2.75, 3.05) is 6.61 Å². The van der Waals surface area contributed by atoms with Gasteiger partial charge in [0.1, 0.15) is 6.10 Å². The van der Waals surface area contributed by atoms with Crippen LogP contribution in [0.15, 0.2) is 0 Å². The highest BCUT2D eigenvalue weighted by atomic mass is 16.3. The molecule has 0 aromatic heterocycles. The highest BCUT2D eigenvalue weighted by Crippen LogP contribution is 1.66. The second kappa shape index (κ2) is 5.55. The molecular weight excluding hydrogens is 100 g/mol. The lowest BCUT2D eigenvalue weighted by molar-refractivity contribution is -0.116. The van der Waals surface area contributed by atoms with E-state index in [-0.39, 0.29) is 11.8 Å². The minimum absolute atomic E-state index is 0. The largest absolute Gasteiger partial charge is 0.412 e. The quantitative estimate of drug-likeness (QED) is 0.390. The number of carbonyl (C=O) groups excluding carboxylic acids is 1. The summed E-state index contributed by atoms with van der Waals surface area (Å²) in [6, 6.07) is 0. The van der Waals surface area contributed by atoms with Crippen molar-refractivity contribution >= 4 is 6.29 Å². The number of rotatable bonds is 2. The van der Waals surface area contributed by atoms with E-state index in [1.807, 2.05) is 0 Å². The second-order valence-corrected chi connectivity index (χ2v) is 0.886. The first-order valence-electron chi connectivity index (χ1n) is 1.55. The fourth-order valence-electron chi connectivity index (χ4n) is 0.0430. The third-order valence-electron chi connectivity index (χ3n) is 0.344. The van der Waals surface area contributed by atoms with Crippen LogP contribution in [-0.2, 0) is 4.79 Å². The third-order valence-corrected chi connectivity index (χ3v) is 0.344. The van der Waals surface area contributed by atoms with Crippen LogP contribution in [0.1, 0.15) is 0 Å². The topological polar surface area (TPSA) is 89.0 Å². The number of aldehydes is 1. The van der Waals surface area contributed by atoms with Crippen LogP contribution < -0.4 is 0 Å². The Morgan fingerprint density at radius 1 is 1.71 bits per heavy atom. The molecule has 4 nitrogen and oxygen atoms in total. The minimum Gasteiger partial charge on any atom is -0.412 e. The Morgan fingerprint density at radius 2 is 2.14 bits per heavy atom. The van der Waals surface area contributed by atoms with Gasteiger partial charge in [0.25, 0.3) is 0 Å². The van der Waals surface area contributed by atoms with Gasteiger partial charge in [0.2, 0.25) is 0 Å². The molecule has 0 fully saturated rings. The maximum Gasteiger partial charge on any atom is 0.150 e. The summed E-state index contributed by atoms with van der Waals surface area (Å²) in [5.41, 5.74) is 0. The molecule has 0 aliphatic carbocycles. The smallest absolute Gasteiger partial charge is 0.150 e. The van der Waals surface area contributed by atoms with Gasteiger partial charge < -0.3 is 20.5 Å². The van der Waals surface area contributed by atoms with Crippen molar-refractivity contribution in [1.29, 1.82) is 0 Å². The second-order valence-electron chi connectivity index (χ2n) is 0.886. The van der Waals surface area contributed by atoms with Gasteiger partial charge >= 0.3 is 0 Å². The Hall–Kier alpha value is -0.450. The Balaban J connectivity index is 0. The van der Waals surface area contributed by atoms with E-state index in [4.69, 9.17) is 10.2 Å². The number of hydrogen-bond acceptors (Lipinski definition) is 3. The van der Waals surface area contributed by atoms with E-state index >= 15 is 0 Å². The van der Waals surface area contributed by atoms with Gasteiger partial charge in [0, 0.05) is 0 Å². The van der Waals surface area contributed by atoms with E-state index in [1.165, 1.54) is 0 Å². The molecule has 1 unspecified atom stereocenters. The van der Waals surface area contributed by atoms with Gasteiger partial charge in [-0.3, -0.25) is 0 Å². The monoisotopic (exact) mass is 108 g/mol. The fourth-order valence-corrected chi connectivity index (χ4v) is 0.0430. The molecular formula is C3H8O4. The standard InChI is InChI=1S/C3H6O3.H2O/c4-1-3(6)2-5;/h1,3,5-6H,2H2;1H2. The van der Waals surface area contributed by atoms with Gasteiger partial charge in [-0.2, -0.15) is 0 Å².